The molecule has 0 saturated carbocycles. The van der Waals surface area contributed by atoms with Gasteiger partial charge in [-0.05, 0) is 38.3 Å². The molecule has 4 rings (SSSR count). The highest BCUT2D eigenvalue weighted by Gasteiger charge is 2.17. The van der Waals surface area contributed by atoms with Crippen molar-refractivity contribution in [3.05, 3.63) is 41.2 Å². The van der Waals surface area contributed by atoms with Crippen LogP contribution >= 0.6 is 0 Å². The number of para-hydroxylation sites is 1. The van der Waals surface area contributed by atoms with Crippen LogP contribution in [0.5, 0.6) is 0 Å². The quantitative estimate of drug-likeness (QED) is 0.572. The molecule has 6 nitrogen and oxygen atoms in total. The number of rotatable bonds is 3. The number of nitrogens with zero attached hydrogens (tertiary/aromatic N) is 6. The molecule has 0 amide bonds. The van der Waals surface area contributed by atoms with Crippen LogP contribution in [0.25, 0.3) is 28.0 Å². The third-order valence-corrected chi connectivity index (χ3v) is 4.75. The standard InChI is InChI=1S/C19H22N6/c1-11(2)10-24-16-9-7-6-8-15(16)17-18(24)20-19(22-21-17)25-14(5)12(3)13(4)23-25/h6-9,11H,10H2,1-5H3. The fourth-order valence-corrected chi connectivity index (χ4v) is 3.25. The number of benzene rings is 1. The molecule has 0 aliphatic rings. The van der Waals surface area contributed by atoms with Crippen molar-refractivity contribution in [2.24, 2.45) is 5.92 Å². The van der Waals surface area contributed by atoms with E-state index in [-0.39, 0.29) is 0 Å². The van der Waals surface area contributed by atoms with Gasteiger partial charge in [0.25, 0.3) is 5.95 Å². The Bertz CT molecular complexity index is 1090. The van der Waals surface area contributed by atoms with Gasteiger partial charge in [0, 0.05) is 17.6 Å². The molecule has 0 aliphatic carbocycles. The molecule has 0 bridgehead atoms. The van der Waals surface area contributed by atoms with E-state index in [1.807, 2.05) is 19.9 Å². The van der Waals surface area contributed by atoms with Gasteiger partial charge in [0.2, 0.25) is 0 Å². The lowest BCUT2D eigenvalue weighted by molar-refractivity contribution is 0.542. The first kappa shape index (κ1) is 15.7. The summed E-state index contributed by atoms with van der Waals surface area (Å²) in [5.74, 6) is 1.03. The van der Waals surface area contributed by atoms with Crippen LogP contribution in [0, 0.1) is 26.7 Å². The highest BCUT2D eigenvalue weighted by molar-refractivity contribution is 6.04. The Morgan fingerprint density at radius 2 is 1.80 bits per heavy atom. The molecule has 128 valence electrons. The number of aryl methyl sites for hydroxylation is 1. The Labute approximate surface area is 146 Å². The molecule has 0 unspecified atom stereocenters. The van der Waals surface area contributed by atoms with Gasteiger partial charge in [0.05, 0.1) is 11.2 Å². The van der Waals surface area contributed by atoms with Crippen LogP contribution in [0.15, 0.2) is 24.3 Å². The molecular weight excluding hydrogens is 312 g/mol. The largest absolute Gasteiger partial charge is 0.323 e. The third-order valence-electron chi connectivity index (χ3n) is 4.75. The Balaban J connectivity index is 2.01. The molecule has 6 heteroatoms. The van der Waals surface area contributed by atoms with Crippen molar-refractivity contribution < 1.29 is 0 Å². The van der Waals surface area contributed by atoms with Crippen LogP contribution in [0.1, 0.15) is 30.8 Å². The molecule has 1 aromatic carbocycles. The molecule has 0 aliphatic heterocycles. The third kappa shape index (κ3) is 2.40. The average Bonchev–Trinajstić information content (AvgIpc) is 3.04. The van der Waals surface area contributed by atoms with Crippen LogP contribution in [-0.2, 0) is 6.54 Å². The van der Waals surface area contributed by atoms with Crippen molar-refractivity contribution >= 4 is 22.1 Å². The van der Waals surface area contributed by atoms with Gasteiger partial charge in [-0.1, -0.05) is 32.0 Å². The van der Waals surface area contributed by atoms with Gasteiger partial charge in [-0.3, -0.25) is 0 Å². The van der Waals surface area contributed by atoms with Crippen molar-refractivity contribution in [3.63, 3.8) is 0 Å². The Kier molecular flexibility index (Phi) is 3.56. The summed E-state index contributed by atoms with van der Waals surface area (Å²) in [6.07, 6.45) is 0. The molecule has 0 N–H and O–H groups in total. The Morgan fingerprint density at radius 1 is 1.04 bits per heavy atom. The molecule has 0 atom stereocenters. The number of aromatic nitrogens is 6. The molecule has 25 heavy (non-hydrogen) atoms. The van der Waals surface area contributed by atoms with Crippen LogP contribution in [-0.4, -0.2) is 29.5 Å². The zero-order chi connectivity index (χ0) is 17.7. The molecule has 0 saturated heterocycles. The molecule has 4 aromatic rings. The van der Waals surface area contributed by atoms with Crippen molar-refractivity contribution in [2.75, 3.05) is 0 Å². The van der Waals surface area contributed by atoms with E-state index in [4.69, 9.17) is 4.98 Å². The van der Waals surface area contributed by atoms with Gasteiger partial charge in [0.1, 0.15) is 5.52 Å². The summed E-state index contributed by atoms with van der Waals surface area (Å²) in [5, 5.41) is 14.5. The molecule has 3 heterocycles. The van der Waals surface area contributed by atoms with Crippen molar-refractivity contribution in [1.29, 1.82) is 0 Å². The van der Waals surface area contributed by atoms with Crippen molar-refractivity contribution in [3.8, 4) is 5.95 Å². The summed E-state index contributed by atoms with van der Waals surface area (Å²) in [6.45, 7) is 11.4. The lowest BCUT2D eigenvalue weighted by atomic mass is 10.2. The van der Waals surface area contributed by atoms with E-state index in [9.17, 15) is 0 Å². The second-order valence-electron chi connectivity index (χ2n) is 7.01. The average molecular weight is 334 g/mol. The summed E-state index contributed by atoms with van der Waals surface area (Å²) in [6, 6.07) is 8.28. The van der Waals surface area contributed by atoms with Gasteiger partial charge < -0.3 is 4.57 Å². The van der Waals surface area contributed by atoms with Gasteiger partial charge in [-0.15, -0.1) is 10.2 Å². The summed E-state index contributed by atoms with van der Waals surface area (Å²) < 4.78 is 4.03. The Hall–Kier alpha value is -2.76. The first-order valence-corrected chi connectivity index (χ1v) is 8.62. The van der Waals surface area contributed by atoms with Crippen LogP contribution in [0.3, 0.4) is 0 Å². The van der Waals surface area contributed by atoms with Gasteiger partial charge in [-0.25, -0.2) is 4.68 Å². The lowest BCUT2D eigenvalue weighted by Crippen LogP contribution is -2.10. The first-order chi connectivity index (χ1) is 12.0. The van der Waals surface area contributed by atoms with E-state index >= 15 is 0 Å². The summed E-state index contributed by atoms with van der Waals surface area (Å²) in [7, 11) is 0. The first-order valence-electron chi connectivity index (χ1n) is 8.62. The summed E-state index contributed by atoms with van der Waals surface area (Å²) in [5.41, 5.74) is 6.05. The maximum atomic E-state index is 4.84. The van der Waals surface area contributed by atoms with Crippen molar-refractivity contribution in [1.82, 2.24) is 29.5 Å². The Morgan fingerprint density at radius 3 is 2.48 bits per heavy atom. The normalized spacial score (nSPS) is 11.9. The van der Waals surface area contributed by atoms with Gasteiger partial charge >= 0.3 is 0 Å². The van der Waals surface area contributed by atoms with E-state index in [1.165, 1.54) is 0 Å². The van der Waals surface area contributed by atoms with E-state index in [0.717, 1.165) is 45.6 Å². The predicted octanol–water partition coefficient (Wildman–Crippen LogP) is 3.75. The molecule has 0 spiro atoms. The predicted molar refractivity (Wildman–Crippen MR) is 99.0 cm³/mol. The van der Waals surface area contributed by atoms with Crippen LogP contribution in [0.4, 0.5) is 0 Å². The fourth-order valence-electron chi connectivity index (χ4n) is 3.25. The second-order valence-corrected chi connectivity index (χ2v) is 7.01. The molecular formula is C19H22N6. The summed E-state index contributed by atoms with van der Waals surface area (Å²) >= 11 is 0. The number of fused-ring (bicyclic) bond motifs is 3. The smallest absolute Gasteiger partial charge is 0.272 e. The van der Waals surface area contributed by atoms with Gasteiger partial charge in [-0.2, -0.15) is 10.1 Å². The zero-order valence-corrected chi connectivity index (χ0v) is 15.3. The maximum Gasteiger partial charge on any atom is 0.272 e. The van der Waals surface area contributed by atoms with Crippen LogP contribution < -0.4 is 0 Å². The van der Waals surface area contributed by atoms with Crippen molar-refractivity contribution in [2.45, 2.75) is 41.2 Å². The topological polar surface area (TPSA) is 61.4 Å². The number of hydrogen-bond donors (Lipinski definition) is 0. The highest BCUT2D eigenvalue weighted by atomic mass is 15.4. The monoisotopic (exact) mass is 334 g/mol. The second kappa shape index (κ2) is 5.65. The minimum absolute atomic E-state index is 0.508. The maximum absolute atomic E-state index is 4.84. The minimum Gasteiger partial charge on any atom is -0.323 e. The van der Waals surface area contributed by atoms with E-state index in [1.54, 1.807) is 4.68 Å². The molecule has 0 radical (unpaired) electrons. The summed E-state index contributed by atoms with van der Waals surface area (Å²) in [4.78, 5) is 4.84. The lowest BCUT2D eigenvalue weighted by Gasteiger charge is -2.09. The highest BCUT2D eigenvalue weighted by Crippen LogP contribution is 2.27. The van der Waals surface area contributed by atoms with E-state index < -0.39 is 0 Å². The molecule has 3 aromatic heterocycles. The SMILES string of the molecule is Cc1nn(-c2nnc3c4ccccc4n(CC(C)C)c3n2)c(C)c1C. The fraction of sp³-hybridized carbons (Fsp3) is 0.368. The minimum atomic E-state index is 0.508. The van der Waals surface area contributed by atoms with Crippen LogP contribution in [0.2, 0.25) is 0 Å². The van der Waals surface area contributed by atoms with E-state index in [0.29, 0.717) is 11.9 Å². The zero-order valence-electron chi connectivity index (χ0n) is 15.3. The van der Waals surface area contributed by atoms with Gasteiger partial charge in [0.15, 0.2) is 5.65 Å². The molecule has 0 fully saturated rings. The van der Waals surface area contributed by atoms with E-state index in [2.05, 4.69) is 58.8 Å². The number of hydrogen-bond acceptors (Lipinski definition) is 4.